The minimum atomic E-state index is -0.0563. The number of para-hydroxylation sites is 2. The van der Waals surface area contributed by atoms with Crippen molar-refractivity contribution >= 4 is 22.9 Å². The van der Waals surface area contributed by atoms with Crippen molar-refractivity contribution in [2.75, 3.05) is 6.54 Å². The van der Waals surface area contributed by atoms with Crippen molar-refractivity contribution in [3.63, 3.8) is 0 Å². The molecule has 1 aromatic heterocycles. The van der Waals surface area contributed by atoms with Gasteiger partial charge in [-0.15, -0.1) is 0 Å². The standard InChI is InChI=1S/C22H19N3OS/c26-21-19-13-7-8-14-20(19)24-22(25(21)18-11-5-2-6-12-18)27-23-16-15-17-9-3-1-4-10-17/h1-14,23H,15-16H2. The molecule has 4 rings (SSSR count). The SMILES string of the molecule is O=c1c2ccccc2nc(SNCCc2ccccc2)n1-c1ccccc1. The van der Waals surface area contributed by atoms with Crippen molar-refractivity contribution in [1.29, 1.82) is 0 Å². The summed E-state index contributed by atoms with van der Waals surface area (Å²) in [5.74, 6) is 0. The van der Waals surface area contributed by atoms with Crippen molar-refractivity contribution in [2.24, 2.45) is 0 Å². The van der Waals surface area contributed by atoms with Gasteiger partial charge in [0.05, 0.1) is 16.6 Å². The lowest BCUT2D eigenvalue weighted by Gasteiger charge is -2.13. The number of nitrogens with zero attached hydrogens (tertiary/aromatic N) is 2. The zero-order chi connectivity index (χ0) is 18.5. The molecule has 1 N–H and O–H groups in total. The molecule has 3 aromatic carbocycles. The highest BCUT2D eigenvalue weighted by Gasteiger charge is 2.12. The number of aromatic nitrogens is 2. The largest absolute Gasteiger partial charge is 0.268 e. The maximum atomic E-state index is 13.1. The summed E-state index contributed by atoms with van der Waals surface area (Å²) in [5, 5.41) is 1.26. The van der Waals surface area contributed by atoms with Gasteiger partial charge in [-0.1, -0.05) is 60.7 Å². The molecule has 134 valence electrons. The van der Waals surface area contributed by atoms with E-state index in [1.165, 1.54) is 17.5 Å². The molecule has 5 heteroatoms. The first-order valence-electron chi connectivity index (χ1n) is 8.84. The van der Waals surface area contributed by atoms with Crippen molar-refractivity contribution in [1.82, 2.24) is 14.3 Å². The van der Waals surface area contributed by atoms with E-state index in [0.29, 0.717) is 16.1 Å². The summed E-state index contributed by atoms with van der Waals surface area (Å²) in [6, 6.07) is 27.4. The summed E-state index contributed by atoms with van der Waals surface area (Å²) in [5.41, 5.74) is 2.74. The molecule has 0 atom stereocenters. The summed E-state index contributed by atoms with van der Waals surface area (Å²) < 4.78 is 5.02. The van der Waals surface area contributed by atoms with Crippen molar-refractivity contribution < 1.29 is 0 Å². The highest BCUT2D eigenvalue weighted by atomic mass is 32.2. The predicted octanol–water partition coefficient (Wildman–Crippen LogP) is 4.23. The van der Waals surface area contributed by atoms with Gasteiger partial charge >= 0.3 is 0 Å². The first-order chi connectivity index (χ1) is 13.3. The predicted molar refractivity (Wildman–Crippen MR) is 111 cm³/mol. The molecule has 0 saturated heterocycles. The van der Waals surface area contributed by atoms with Crippen molar-refractivity contribution in [3.8, 4) is 5.69 Å². The van der Waals surface area contributed by atoms with Gasteiger partial charge in [-0.25, -0.2) is 4.98 Å². The van der Waals surface area contributed by atoms with E-state index in [1.807, 2.05) is 72.8 Å². The third-order valence-electron chi connectivity index (χ3n) is 4.28. The molecule has 0 spiro atoms. The molecule has 0 aliphatic carbocycles. The van der Waals surface area contributed by atoms with Gasteiger partial charge in [0.1, 0.15) is 0 Å². The van der Waals surface area contributed by atoms with Crippen LogP contribution in [-0.4, -0.2) is 16.1 Å². The molecule has 0 aliphatic rings. The third kappa shape index (κ3) is 3.94. The fraction of sp³-hybridized carbons (Fsp3) is 0.0909. The second-order valence-electron chi connectivity index (χ2n) is 6.12. The van der Waals surface area contributed by atoms with Crippen LogP contribution in [0.15, 0.2) is 94.9 Å². The third-order valence-corrected chi connectivity index (χ3v) is 5.09. The van der Waals surface area contributed by atoms with E-state index >= 15 is 0 Å². The Morgan fingerprint density at radius 1 is 0.852 bits per heavy atom. The number of hydrogen-bond donors (Lipinski definition) is 1. The summed E-state index contributed by atoms with van der Waals surface area (Å²) in [4.78, 5) is 17.8. The first kappa shape index (κ1) is 17.5. The Morgan fingerprint density at radius 3 is 2.30 bits per heavy atom. The number of rotatable bonds is 6. The quantitative estimate of drug-likeness (QED) is 0.312. The monoisotopic (exact) mass is 373 g/mol. The molecule has 0 aliphatic heterocycles. The average molecular weight is 373 g/mol. The molecule has 27 heavy (non-hydrogen) atoms. The number of nitrogens with one attached hydrogen (secondary N) is 1. The molecule has 0 bridgehead atoms. The zero-order valence-electron chi connectivity index (χ0n) is 14.7. The van der Waals surface area contributed by atoms with Crippen LogP contribution >= 0.6 is 11.9 Å². The minimum Gasteiger partial charge on any atom is -0.268 e. The summed E-state index contributed by atoms with van der Waals surface area (Å²) in [6.45, 7) is 0.784. The second-order valence-corrected chi connectivity index (χ2v) is 6.98. The van der Waals surface area contributed by atoms with Gasteiger partial charge in [0.2, 0.25) is 0 Å². The average Bonchev–Trinajstić information content (AvgIpc) is 2.73. The lowest BCUT2D eigenvalue weighted by Crippen LogP contribution is -2.23. The van der Waals surface area contributed by atoms with Crippen LogP contribution in [0.2, 0.25) is 0 Å². The number of fused-ring (bicyclic) bond motifs is 1. The molecule has 0 radical (unpaired) electrons. The Labute approximate surface area is 162 Å². The minimum absolute atomic E-state index is 0.0563. The fourth-order valence-electron chi connectivity index (χ4n) is 2.94. The lowest BCUT2D eigenvalue weighted by atomic mass is 10.2. The van der Waals surface area contributed by atoms with E-state index in [1.54, 1.807) is 4.57 Å². The van der Waals surface area contributed by atoms with Crippen molar-refractivity contribution in [2.45, 2.75) is 11.6 Å². The molecule has 1 heterocycles. The van der Waals surface area contributed by atoms with Crippen LogP contribution in [0.4, 0.5) is 0 Å². The lowest BCUT2D eigenvalue weighted by molar-refractivity contribution is 0.808. The zero-order valence-corrected chi connectivity index (χ0v) is 15.5. The van der Waals surface area contributed by atoms with E-state index in [4.69, 9.17) is 4.98 Å². The van der Waals surface area contributed by atoms with Gasteiger partial charge in [-0.05, 0) is 48.2 Å². The Balaban J connectivity index is 1.63. The summed E-state index contributed by atoms with van der Waals surface area (Å²) >= 11 is 1.39. The van der Waals surface area contributed by atoms with E-state index < -0.39 is 0 Å². The van der Waals surface area contributed by atoms with Gasteiger partial charge in [-0.3, -0.25) is 14.1 Å². The number of hydrogen-bond acceptors (Lipinski definition) is 4. The van der Waals surface area contributed by atoms with Crippen LogP contribution in [0.25, 0.3) is 16.6 Å². The van der Waals surface area contributed by atoms with Gasteiger partial charge in [0.15, 0.2) is 5.16 Å². The van der Waals surface area contributed by atoms with E-state index in [0.717, 1.165) is 18.7 Å². The van der Waals surface area contributed by atoms with Crippen LogP contribution in [0.5, 0.6) is 0 Å². The Hall–Kier alpha value is -2.89. The molecular formula is C22H19N3OS. The topological polar surface area (TPSA) is 46.9 Å². The smallest absolute Gasteiger partial charge is 0.266 e. The van der Waals surface area contributed by atoms with Crippen LogP contribution in [0.3, 0.4) is 0 Å². The highest BCUT2D eigenvalue weighted by molar-refractivity contribution is 7.97. The molecule has 0 fully saturated rings. The van der Waals surface area contributed by atoms with E-state index in [9.17, 15) is 4.79 Å². The van der Waals surface area contributed by atoms with Crippen LogP contribution in [-0.2, 0) is 6.42 Å². The van der Waals surface area contributed by atoms with Gasteiger partial charge in [-0.2, -0.15) is 0 Å². The fourth-order valence-corrected chi connectivity index (χ4v) is 3.70. The van der Waals surface area contributed by atoms with Gasteiger partial charge < -0.3 is 0 Å². The van der Waals surface area contributed by atoms with E-state index in [-0.39, 0.29) is 5.56 Å². The van der Waals surface area contributed by atoms with Crippen molar-refractivity contribution in [3.05, 3.63) is 101 Å². The summed E-state index contributed by atoms with van der Waals surface area (Å²) in [7, 11) is 0. The molecule has 4 aromatic rings. The normalized spacial score (nSPS) is 11.0. The molecule has 0 unspecified atom stereocenters. The second kappa shape index (κ2) is 8.20. The van der Waals surface area contributed by atoms with Crippen LogP contribution in [0.1, 0.15) is 5.56 Å². The first-order valence-corrected chi connectivity index (χ1v) is 9.65. The molecular weight excluding hydrogens is 354 g/mol. The van der Waals surface area contributed by atoms with E-state index in [2.05, 4.69) is 16.9 Å². The van der Waals surface area contributed by atoms with Gasteiger partial charge in [0, 0.05) is 6.54 Å². The summed E-state index contributed by atoms with van der Waals surface area (Å²) in [6.07, 6.45) is 0.914. The van der Waals surface area contributed by atoms with Gasteiger partial charge in [0.25, 0.3) is 5.56 Å². The maximum Gasteiger partial charge on any atom is 0.266 e. The molecule has 0 amide bonds. The van der Waals surface area contributed by atoms with Crippen LogP contribution in [0, 0.1) is 0 Å². The van der Waals surface area contributed by atoms with Crippen LogP contribution < -0.4 is 10.3 Å². The molecule has 4 nitrogen and oxygen atoms in total. The Bertz CT molecular complexity index is 1090. The highest BCUT2D eigenvalue weighted by Crippen LogP contribution is 2.19. The molecule has 0 saturated carbocycles. The Morgan fingerprint density at radius 2 is 1.52 bits per heavy atom. The number of benzene rings is 3. The maximum absolute atomic E-state index is 13.1. The Kier molecular flexibility index (Phi) is 5.32.